The molecule has 0 saturated heterocycles. The lowest BCUT2D eigenvalue weighted by Crippen LogP contribution is -2.31. The van der Waals surface area contributed by atoms with E-state index >= 15 is 0 Å². The van der Waals surface area contributed by atoms with Crippen LogP contribution < -0.4 is 5.32 Å². The molecule has 1 aliphatic carbocycles. The Kier molecular flexibility index (Phi) is 5.05. The Morgan fingerprint density at radius 3 is 2.60 bits per heavy atom. The Morgan fingerprint density at radius 1 is 1.30 bits per heavy atom. The first-order valence-corrected chi connectivity index (χ1v) is 7.69. The molecule has 2 rings (SSSR count). The Labute approximate surface area is 122 Å². The summed E-state index contributed by atoms with van der Waals surface area (Å²) >= 11 is 0. The summed E-state index contributed by atoms with van der Waals surface area (Å²) in [4.78, 5) is 14.5. The number of amides is 1. The number of benzene rings is 1. The number of nitrogens with one attached hydrogen (secondary N) is 1. The van der Waals surface area contributed by atoms with Crippen LogP contribution in [0.2, 0.25) is 0 Å². The van der Waals surface area contributed by atoms with Crippen molar-refractivity contribution in [3.05, 3.63) is 29.8 Å². The van der Waals surface area contributed by atoms with E-state index in [4.69, 9.17) is 0 Å². The monoisotopic (exact) mass is 274 g/mol. The maximum absolute atomic E-state index is 12.6. The molecule has 0 unspecified atom stereocenters. The van der Waals surface area contributed by atoms with Crippen molar-refractivity contribution in [1.29, 1.82) is 0 Å². The van der Waals surface area contributed by atoms with Crippen LogP contribution in [0.5, 0.6) is 0 Å². The predicted molar refractivity (Wildman–Crippen MR) is 84.1 cm³/mol. The second-order valence-electron chi connectivity index (χ2n) is 6.18. The van der Waals surface area contributed by atoms with Gasteiger partial charge in [-0.15, -0.1) is 0 Å². The lowest BCUT2D eigenvalue weighted by molar-refractivity contribution is 0.0774. The van der Waals surface area contributed by atoms with E-state index in [1.807, 2.05) is 36.2 Å². The fourth-order valence-corrected chi connectivity index (χ4v) is 2.98. The number of carbonyl (C=O) groups is 1. The molecule has 1 saturated carbocycles. The van der Waals surface area contributed by atoms with E-state index in [1.165, 1.54) is 25.7 Å². The van der Waals surface area contributed by atoms with Crippen LogP contribution in [0, 0.1) is 5.92 Å². The number of hydrogen-bond donors (Lipinski definition) is 1. The van der Waals surface area contributed by atoms with Crippen LogP contribution in [-0.4, -0.2) is 30.4 Å². The predicted octanol–water partition coefficient (Wildman–Crippen LogP) is 3.77. The first-order chi connectivity index (χ1) is 9.58. The van der Waals surface area contributed by atoms with Crippen LogP contribution in [0.3, 0.4) is 0 Å². The van der Waals surface area contributed by atoms with E-state index in [0.717, 1.165) is 17.8 Å². The van der Waals surface area contributed by atoms with E-state index in [1.54, 1.807) is 0 Å². The van der Waals surface area contributed by atoms with Crippen molar-refractivity contribution >= 4 is 11.6 Å². The first-order valence-electron chi connectivity index (χ1n) is 7.69. The minimum atomic E-state index is 0.126. The van der Waals surface area contributed by atoms with Gasteiger partial charge in [0.25, 0.3) is 5.91 Å². The number of nitrogens with zero attached hydrogens (tertiary/aromatic N) is 1. The third-order valence-corrected chi connectivity index (χ3v) is 3.96. The quantitative estimate of drug-likeness (QED) is 0.886. The lowest BCUT2D eigenvalue weighted by atomic mass is 10.1. The smallest absolute Gasteiger partial charge is 0.255 e. The molecule has 3 nitrogen and oxygen atoms in total. The Balaban J connectivity index is 2.07. The van der Waals surface area contributed by atoms with Gasteiger partial charge in [0.1, 0.15) is 0 Å². The molecule has 0 aliphatic heterocycles. The van der Waals surface area contributed by atoms with E-state index in [-0.39, 0.29) is 5.91 Å². The van der Waals surface area contributed by atoms with Gasteiger partial charge in [-0.3, -0.25) is 4.79 Å². The molecule has 0 aromatic heterocycles. The van der Waals surface area contributed by atoms with Crippen molar-refractivity contribution < 1.29 is 4.79 Å². The van der Waals surface area contributed by atoms with Gasteiger partial charge in [-0.25, -0.2) is 0 Å². The van der Waals surface area contributed by atoms with Gasteiger partial charge in [0.05, 0.1) is 5.56 Å². The van der Waals surface area contributed by atoms with Crippen LogP contribution in [0.25, 0.3) is 0 Å². The molecular weight excluding hydrogens is 248 g/mol. The average Bonchev–Trinajstić information content (AvgIpc) is 2.90. The summed E-state index contributed by atoms with van der Waals surface area (Å²) in [6, 6.07) is 8.12. The summed E-state index contributed by atoms with van der Waals surface area (Å²) in [5.74, 6) is 0.815. The Morgan fingerprint density at radius 2 is 1.95 bits per heavy atom. The summed E-state index contributed by atoms with van der Waals surface area (Å²) < 4.78 is 0. The zero-order valence-electron chi connectivity index (χ0n) is 12.9. The number of hydrogen-bond acceptors (Lipinski definition) is 2. The van der Waals surface area contributed by atoms with Crippen LogP contribution in [0.4, 0.5) is 5.69 Å². The first kappa shape index (κ1) is 14.9. The van der Waals surface area contributed by atoms with E-state index in [0.29, 0.717) is 12.0 Å². The molecule has 20 heavy (non-hydrogen) atoms. The minimum absolute atomic E-state index is 0.126. The fourth-order valence-electron chi connectivity index (χ4n) is 2.98. The molecular formula is C17H26N2O. The van der Waals surface area contributed by atoms with Crippen LogP contribution >= 0.6 is 0 Å². The molecule has 1 fully saturated rings. The Hall–Kier alpha value is -1.51. The largest absolute Gasteiger partial charge is 0.382 e. The highest BCUT2D eigenvalue weighted by Crippen LogP contribution is 2.26. The van der Waals surface area contributed by atoms with Gasteiger partial charge in [-0.1, -0.05) is 25.0 Å². The molecule has 110 valence electrons. The van der Waals surface area contributed by atoms with E-state index < -0.39 is 0 Å². The number of rotatable bonds is 5. The van der Waals surface area contributed by atoms with Crippen molar-refractivity contribution in [2.24, 2.45) is 5.92 Å². The highest BCUT2D eigenvalue weighted by Gasteiger charge is 2.21. The van der Waals surface area contributed by atoms with Crippen LogP contribution in [-0.2, 0) is 0 Å². The van der Waals surface area contributed by atoms with Crippen molar-refractivity contribution in [3.8, 4) is 0 Å². The lowest BCUT2D eigenvalue weighted by Gasteiger charge is -2.23. The minimum Gasteiger partial charge on any atom is -0.382 e. The third-order valence-electron chi connectivity index (χ3n) is 3.96. The maximum Gasteiger partial charge on any atom is 0.255 e. The highest BCUT2D eigenvalue weighted by atomic mass is 16.2. The molecule has 1 aliphatic rings. The van der Waals surface area contributed by atoms with Gasteiger partial charge in [-0.05, 0) is 44.7 Å². The standard InChI is InChI=1S/C17H26N2O/c1-13(2)18-16-11-7-6-10-15(16)17(20)19(3)12-14-8-4-5-9-14/h6-7,10-11,13-14,18H,4-5,8-9,12H2,1-3H3. The molecule has 0 bridgehead atoms. The van der Waals surface area contributed by atoms with Crippen molar-refractivity contribution in [2.75, 3.05) is 18.9 Å². The van der Waals surface area contributed by atoms with Gasteiger partial charge in [0.2, 0.25) is 0 Å². The van der Waals surface area contributed by atoms with E-state index in [9.17, 15) is 4.79 Å². The zero-order valence-corrected chi connectivity index (χ0v) is 12.9. The molecule has 0 spiro atoms. The van der Waals surface area contributed by atoms with Gasteiger partial charge in [0.15, 0.2) is 0 Å². The molecule has 1 aromatic rings. The zero-order chi connectivity index (χ0) is 14.5. The number of carbonyl (C=O) groups excluding carboxylic acids is 1. The third kappa shape index (κ3) is 3.75. The highest BCUT2D eigenvalue weighted by molar-refractivity contribution is 5.99. The summed E-state index contributed by atoms with van der Waals surface area (Å²) in [5, 5.41) is 3.36. The summed E-state index contributed by atoms with van der Waals surface area (Å²) in [7, 11) is 1.92. The topological polar surface area (TPSA) is 32.3 Å². The second-order valence-corrected chi connectivity index (χ2v) is 6.18. The molecule has 1 aromatic carbocycles. The average molecular weight is 274 g/mol. The summed E-state index contributed by atoms with van der Waals surface area (Å²) in [6.07, 6.45) is 5.17. The fraction of sp³-hybridized carbons (Fsp3) is 0.588. The molecule has 0 atom stereocenters. The molecule has 0 radical (unpaired) electrons. The number of para-hydroxylation sites is 1. The van der Waals surface area contributed by atoms with Gasteiger partial charge in [0, 0.05) is 25.3 Å². The van der Waals surface area contributed by atoms with Gasteiger partial charge < -0.3 is 10.2 Å². The molecule has 1 N–H and O–H groups in total. The second kappa shape index (κ2) is 6.78. The summed E-state index contributed by atoms with van der Waals surface area (Å²) in [6.45, 7) is 5.06. The van der Waals surface area contributed by atoms with E-state index in [2.05, 4.69) is 19.2 Å². The maximum atomic E-state index is 12.6. The van der Waals surface area contributed by atoms with Gasteiger partial charge >= 0.3 is 0 Å². The van der Waals surface area contributed by atoms with Crippen LogP contribution in [0.15, 0.2) is 24.3 Å². The Bertz CT molecular complexity index is 450. The molecule has 0 heterocycles. The summed E-state index contributed by atoms with van der Waals surface area (Å²) in [5.41, 5.74) is 1.72. The molecule has 1 amide bonds. The van der Waals surface area contributed by atoms with Gasteiger partial charge in [-0.2, -0.15) is 0 Å². The molecule has 3 heteroatoms. The van der Waals surface area contributed by atoms with Crippen LogP contribution in [0.1, 0.15) is 49.9 Å². The number of anilines is 1. The normalized spacial score (nSPS) is 15.6. The van der Waals surface area contributed by atoms with Crippen molar-refractivity contribution in [2.45, 2.75) is 45.6 Å². The van der Waals surface area contributed by atoms with Crippen molar-refractivity contribution in [1.82, 2.24) is 4.90 Å². The SMILES string of the molecule is CC(C)Nc1ccccc1C(=O)N(C)CC1CCCC1. The van der Waals surface area contributed by atoms with Crippen molar-refractivity contribution in [3.63, 3.8) is 0 Å².